The average Bonchev–Trinajstić information content (AvgIpc) is 3.45. The Kier molecular flexibility index (Phi) is 6.11. The van der Waals surface area contributed by atoms with Crippen LogP contribution < -0.4 is 5.32 Å². The van der Waals surface area contributed by atoms with Crippen molar-refractivity contribution in [3.05, 3.63) is 79.6 Å². The molecule has 4 aromatic rings. The van der Waals surface area contributed by atoms with Crippen LogP contribution in [0.3, 0.4) is 0 Å². The van der Waals surface area contributed by atoms with Crippen LogP contribution in [-0.2, 0) is 13.2 Å². The van der Waals surface area contributed by atoms with Crippen LogP contribution in [0.1, 0.15) is 27.4 Å². The van der Waals surface area contributed by atoms with Gasteiger partial charge in [-0.1, -0.05) is 29.3 Å². The van der Waals surface area contributed by atoms with E-state index in [2.05, 4.69) is 25.6 Å². The van der Waals surface area contributed by atoms with E-state index in [1.165, 1.54) is 26.4 Å². The fraction of sp³-hybridized carbons (Fsp3) is 0.211. The predicted octanol–water partition coefficient (Wildman–Crippen LogP) is 3.31. The first kappa shape index (κ1) is 22.4. The van der Waals surface area contributed by atoms with Crippen LogP contribution in [0, 0.1) is 24.0 Å². The van der Waals surface area contributed by atoms with E-state index in [-0.39, 0.29) is 30.5 Å². The quantitative estimate of drug-likeness (QED) is 0.310. The average molecular weight is 490 g/mol. The van der Waals surface area contributed by atoms with E-state index in [0.717, 1.165) is 0 Å². The number of carbonyl (C=O) groups excluding carboxylic acids is 1. The van der Waals surface area contributed by atoms with Crippen molar-refractivity contribution in [3.63, 3.8) is 0 Å². The molecule has 1 aromatic carbocycles. The standard InChI is InChI=1S/C19H17Cl2N9O3/c1-11-17(30(32)33)12(2)29(24-11)10-27-7-6-16(25-27)18(31)23-19-22-9-28(26-19)8-13-14(20)4-3-5-15(13)21/h3-7,9H,8,10H2,1-2H3,(H,23,26,31). The summed E-state index contributed by atoms with van der Waals surface area (Å²) in [4.78, 5) is 27.3. The summed E-state index contributed by atoms with van der Waals surface area (Å²) >= 11 is 12.4. The number of anilines is 1. The molecule has 0 fully saturated rings. The molecule has 1 amide bonds. The fourth-order valence-corrected chi connectivity index (χ4v) is 3.74. The molecule has 3 heterocycles. The molecule has 14 heteroatoms. The van der Waals surface area contributed by atoms with E-state index in [1.54, 1.807) is 38.2 Å². The van der Waals surface area contributed by atoms with Crippen LogP contribution in [0.4, 0.5) is 11.6 Å². The summed E-state index contributed by atoms with van der Waals surface area (Å²) in [5.74, 6) is -0.423. The van der Waals surface area contributed by atoms with Crippen molar-refractivity contribution in [1.29, 1.82) is 0 Å². The smallest absolute Gasteiger partial charge is 0.288 e. The van der Waals surface area contributed by atoms with Crippen molar-refractivity contribution in [2.75, 3.05) is 5.32 Å². The van der Waals surface area contributed by atoms with Gasteiger partial charge in [-0.05, 0) is 32.0 Å². The lowest BCUT2D eigenvalue weighted by Gasteiger charge is -2.06. The second-order valence-corrected chi connectivity index (χ2v) is 7.89. The maximum Gasteiger partial charge on any atom is 0.312 e. The third-order valence-electron chi connectivity index (χ3n) is 4.82. The number of carbonyl (C=O) groups is 1. The number of aryl methyl sites for hydroxylation is 1. The number of rotatable bonds is 7. The van der Waals surface area contributed by atoms with Crippen LogP contribution in [0.25, 0.3) is 0 Å². The minimum atomic E-state index is -0.512. The largest absolute Gasteiger partial charge is 0.312 e. The van der Waals surface area contributed by atoms with Crippen molar-refractivity contribution in [2.45, 2.75) is 27.1 Å². The topological polar surface area (TPSA) is 139 Å². The first-order valence-electron chi connectivity index (χ1n) is 9.58. The van der Waals surface area contributed by atoms with Gasteiger partial charge in [0.05, 0.1) is 11.5 Å². The molecule has 0 aliphatic heterocycles. The molecule has 0 unspecified atom stereocenters. The number of amides is 1. The number of nitrogens with zero attached hydrogens (tertiary/aromatic N) is 8. The predicted molar refractivity (Wildman–Crippen MR) is 120 cm³/mol. The highest BCUT2D eigenvalue weighted by Gasteiger charge is 2.22. The Bertz CT molecular complexity index is 1340. The molecule has 4 rings (SSSR count). The molecule has 0 saturated carbocycles. The zero-order chi connectivity index (χ0) is 23.7. The number of aromatic nitrogens is 7. The lowest BCUT2D eigenvalue weighted by Crippen LogP contribution is -2.16. The summed E-state index contributed by atoms with van der Waals surface area (Å²) < 4.78 is 4.39. The van der Waals surface area contributed by atoms with Gasteiger partial charge in [0.25, 0.3) is 5.91 Å². The fourth-order valence-electron chi connectivity index (χ4n) is 3.23. The second-order valence-electron chi connectivity index (χ2n) is 7.08. The summed E-state index contributed by atoms with van der Waals surface area (Å²) in [7, 11) is 0. The maximum absolute atomic E-state index is 12.5. The monoisotopic (exact) mass is 489 g/mol. The molecule has 0 aliphatic carbocycles. The first-order chi connectivity index (χ1) is 15.7. The van der Waals surface area contributed by atoms with E-state index in [1.807, 2.05) is 0 Å². The third kappa shape index (κ3) is 4.71. The van der Waals surface area contributed by atoms with Crippen LogP contribution in [0.5, 0.6) is 0 Å². The molecule has 0 bridgehead atoms. The van der Waals surface area contributed by atoms with Gasteiger partial charge in [-0.25, -0.2) is 14.3 Å². The van der Waals surface area contributed by atoms with E-state index in [9.17, 15) is 14.9 Å². The minimum Gasteiger partial charge on any atom is -0.288 e. The van der Waals surface area contributed by atoms with Gasteiger partial charge in [0.1, 0.15) is 24.4 Å². The first-order valence-corrected chi connectivity index (χ1v) is 10.3. The number of nitro groups is 1. The summed E-state index contributed by atoms with van der Waals surface area (Å²) in [5.41, 5.74) is 1.47. The SMILES string of the molecule is Cc1nn(Cn2ccc(C(=O)Nc3ncn(Cc4c(Cl)cccc4Cl)n3)n2)c(C)c1[N+](=O)[O-]. The van der Waals surface area contributed by atoms with Gasteiger partial charge in [-0.3, -0.25) is 24.9 Å². The molecular weight excluding hydrogens is 473 g/mol. The molecule has 33 heavy (non-hydrogen) atoms. The minimum absolute atomic E-state index is 0.0418. The van der Waals surface area contributed by atoms with E-state index in [0.29, 0.717) is 27.0 Å². The molecule has 0 atom stereocenters. The van der Waals surface area contributed by atoms with Crippen LogP contribution in [-0.4, -0.2) is 45.2 Å². The second kappa shape index (κ2) is 9.00. The molecule has 0 aliphatic rings. The normalized spacial score (nSPS) is 11.0. The Hall–Kier alpha value is -3.77. The van der Waals surface area contributed by atoms with Gasteiger partial charge in [0.2, 0.25) is 5.95 Å². The van der Waals surface area contributed by atoms with Crippen molar-refractivity contribution in [1.82, 2.24) is 34.3 Å². The van der Waals surface area contributed by atoms with E-state index in [4.69, 9.17) is 23.2 Å². The van der Waals surface area contributed by atoms with Crippen LogP contribution in [0.2, 0.25) is 10.0 Å². The van der Waals surface area contributed by atoms with Gasteiger partial charge in [0, 0.05) is 21.8 Å². The van der Waals surface area contributed by atoms with Gasteiger partial charge in [-0.2, -0.15) is 10.2 Å². The Morgan fingerprint density at radius 3 is 2.52 bits per heavy atom. The zero-order valence-corrected chi connectivity index (χ0v) is 18.9. The Morgan fingerprint density at radius 2 is 1.85 bits per heavy atom. The summed E-state index contributed by atoms with van der Waals surface area (Å²) in [6.07, 6.45) is 3.02. The molecule has 12 nitrogen and oxygen atoms in total. The van der Waals surface area contributed by atoms with E-state index < -0.39 is 10.8 Å². The number of hydrogen-bond acceptors (Lipinski definition) is 7. The summed E-state index contributed by atoms with van der Waals surface area (Å²) in [6.45, 7) is 3.56. The van der Waals surface area contributed by atoms with Crippen LogP contribution >= 0.6 is 23.2 Å². The molecule has 170 valence electrons. The molecule has 0 saturated heterocycles. The van der Waals surface area contributed by atoms with Gasteiger partial charge < -0.3 is 0 Å². The van der Waals surface area contributed by atoms with Crippen molar-refractivity contribution >= 4 is 40.7 Å². The highest BCUT2D eigenvalue weighted by molar-refractivity contribution is 6.35. The Labute approximate surface area is 196 Å². The van der Waals surface area contributed by atoms with Crippen LogP contribution in [0.15, 0.2) is 36.8 Å². The third-order valence-corrected chi connectivity index (χ3v) is 5.53. The number of nitrogens with one attached hydrogen (secondary N) is 1. The zero-order valence-electron chi connectivity index (χ0n) is 17.4. The number of halogens is 2. The number of hydrogen-bond donors (Lipinski definition) is 1. The van der Waals surface area contributed by atoms with Crippen molar-refractivity contribution < 1.29 is 9.72 Å². The Morgan fingerprint density at radius 1 is 1.12 bits per heavy atom. The molecule has 0 radical (unpaired) electrons. The van der Waals surface area contributed by atoms with Gasteiger partial charge in [-0.15, -0.1) is 5.10 Å². The lowest BCUT2D eigenvalue weighted by atomic mass is 10.2. The van der Waals surface area contributed by atoms with Crippen molar-refractivity contribution in [2.24, 2.45) is 0 Å². The molecule has 1 N–H and O–H groups in total. The lowest BCUT2D eigenvalue weighted by molar-refractivity contribution is -0.386. The summed E-state index contributed by atoms with van der Waals surface area (Å²) in [5, 5.41) is 27.3. The summed E-state index contributed by atoms with van der Waals surface area (Å²) in [6, 6.07) is 6.71. The van der Waals surface area contributed by atoms with E-state index >= 15 is 0 Å². The highest BCUT2D eigenvalue weighted by atomic mass is 35.5. The van der Waals surface area contributed by atoms with Gasteiger partial charge in [0.15, 0.2) is 5.69 Å². The molecule has 0 spiro atoms. The van der Waals surface area contributed by atoms with Gasteiger partial charge >= 0.3 is 5.69 Å². The highest BCUT2D eigenvalue weighted by Crippen LogP contribution is 2.25. The Balaban J connectivity index is 1.43. The molecule has 3 aromatic heterocycles. The van der Waals surface area contributed by atoms with Crippen molar-refractivity contribution in [3.8, 4) is 0 Å². The number of benzene rings is 1. The maximum atomic E-state index is 12.5. The molecular formula is C19H17Cl2N9O3.